The minimum atomic E-state index is -1.38. The zero-order chi connectivity index (χ0) is 36.5. The number of H-pyrrole nitrogens is 1. The quantitative estimate of drug-likeness (QED) is 0.0438. The first kappa shape index (κ1) is 39.9. The van der Waals surface area contributed by atoms with Gasteiger partial charge in [-0.25, -0.2) is 14.3 Å². The Morgan fingerprint density at radius 2 is 1.26 bits per heavy atom. The number of benzene rings is 2. The topological polar surface area (TPSA) is 191 Å². The number of anilines is 1. The fourth-order valence-corrected chi connectivity index (χ4v) is 6.40. The number of carboxylic acids is 2. The van der Waals surface area contributed by atoms with Gasteiger partial charge in [0.2, 0.25) is 5.88 Å². The second kappa shape index (κ2) is 20.9. The standard InChI is InChI=1S/C37H50N4O8S/c1-3-5-6-7-8-9-10-11-12-13-14-15-16-17-28(4-2)39-37(49)50-31-33(43)40-41(34(31)44)30-20-18-29(19-21-30)38-32(42)25-22-26(35(45)46)24-27(23-25)36(47)48/h18-24,28,44H,3-17H2,1-2H3,(H,38,42)(H,39,49)(H,40,43)(H,45,46)(H,47,48). The highest BCUT2D eigenvalue weighted by Gasteiger charge is 2.21. The highest BCUT2D eigenvalue weighted by molar-refractivity contribution is 8.13. The summed E-state index contributed by atoms with van der Waals surface area (Å²) in [6, 6.07) is 9.02. The average molecular weight is 711 g/mol. The van der Waals surface area contributed by atoms with Gasteiger partial charge in [0.05, 0.1) is 16.8 Å². The van der Waals surface area contributed by atoms with Gasteiger partial charge in [-0.1, -0.05) is 97.3 Å². The van der Waals surface area contributed by atoms with Crippen molar-refractivity contribution in [3.63, 3.8) is 0 Å². The zero-order valence-electron chi connectivity index (χ0n) is 29.0. The average Bonchev–Trinajstić information content (AvgIpc) is 3.38. The summed E-state index contributed by atoms with van der Waals surface area (Å²) in [5.74, 6) is -3.93. The Kier molecular flexibility index (Phi) is 16.7. The smallest absolute Gasteiger partial charge is 0.335 e. The van der Waals surface area contributed by atoms with E-state index in [9.17, 15) is 39.3 Å². The minimum Gasteiger partial charge on any atom is -0.492 e. The van der Waals surface area contributed by atoms with Crippen LogP contribution in [0.2, 0.25) is 0 Å². The monoisotopic (exact) mass is 710 g/mol. The number of rotatable bonds is 22. The molecule has 3 aromatic rings. The van der Waals surface area contributed by atoms with Gasteiger partial charge < -0.3 is 26.0 Å². The number of nitrogens with one attached hydrogen (secondary N) is 3. The molecule has 1 unspecified atom stereocenters. The lowest BCUT2D eigenvalue weighted by Gasteiger charge is -2.16. The number of hydrogen-bond acceptors (Lipinski definition) is 7. The van der Waals surface area contributed by atoms with Crippen LogP contribution in [0, 0.1) is 0 Å². The highest BCUT2D eigenvalue weighted by Crippen LogP contribution is 2.28. The van der Waals surface area contributed by atoms with E-state index in [0.717, 1.165) is 48.6 Å². The molecule has 0 saturated heterocycles. The van der Waals surface area contributed by atoms with E-state index in [1.54, 1.807) is 0 Å². The first-order chi connectivity index (χ1) is 24.0. The lowest BCUT2D eigenvalue weighted by Crippen LogP contribution is -2.31. The van der Waals surface area contributed by atoms with E-state index >= 15 is 0 Å². The van der Waals surface area contributed by atoms with Crippen molar-refractivity contribution < 1.29 is 34.5 Å². The number of carbonyl (C=O) groups excluding carboxylic acids is 2. The number of hydrogen-bond donors (Lipinski definition) is 6. The van der Waals surface area contributed by atoms with Crippen molar-refractivity contribution in [1.82, 2.24) is 15.1 Å². The fourth-order valence-electron chi connectivity index (χ4n) is 5.67. The molecular formula is C37H50N4O8S. The predicted molar refractivity (Wildman–Crippen MR) is 195 cm³/mol. The molecule has 12 nitrogen and oxygen atoms in total. The van der Waals surface area contributed by atoms with Crippen molar-refractivity contribution in [3.05, 3.63) is 69.5 Å². The number of carboxylic acid groups (broad SMARTS) is 2. The van der Waals surface area contributed by atoms with E-state index in [1.165, 1.54) is 94.9 Å². The number of aromatic hydroxyl groups is 1. The molecule has 272 valence electrons. The summed E-state index contributed by atoms with van der Waals surface area (Å²) in [7, 11) is 0. The Bertz CT molecular complexity index is 1600. The van der Waals surface area contributed by atoms with Crippen LogP contribution in [0.3, 0.4) is 0 Å². The van der Waals surface area contributed by atoms with Gasteiger partial charge in [0.25, 0.3) is 16.7 Å². The predicted octanol–water partition coefficient (Wildman–Crippen LogP) is 8.58. The largest absolute Gasteiger partial charge is 0.492 e. The van der Waals surface area contributed by atoms with Crippen LogP contribution in [0.4, 0.5) is 10.5 Å². The van der Waals surface area contributed by atoms with Crippen molar-refractivity contribution in [1.29, 1.82) is 0 Å². The summed E-state index contributed by atoms with van der Waals surface area (Å²) in [6.07, 6.45) is 18.1. The summed E-state index contributed by atoms with van der Waals surface area (Å²) < 4.78 is 1.12. The maximum atomic E-state index is 12.8. The van der Waals surface area contributed by atoms with Crippen LogP contribution in [0.5, 0.6) is 5.88 Å². The maximum absolute atomic E-state index is 12.8. The SMILES string of the molecule is CCCCCCCCCCCCCCCC(CC)NC(=O)Sc1c(O)n(-c2ccc(NC(=O)c3cc(C(=O)O)cc(C(=O)O)c3)cc2)[nH]c1=O. The van der Waals surface area contributed by atoms with Crippen LogP contribution in [-0.4, -0.2) is 54.2 Å². The van der Waals surface area contributed by atoms with Crippen LogP contribution >= 0.6 is 11.8 Å². The van der Waals surface area contributed by atoms with Gasteiger partial charge in [0.1, 0.15) is 4.90 Å². The summed E-state index contributed by atoms with van der Waals surface area (Å²) in [4.78, 5) is 60.9. The van der Waals surface area contributed by atoms with Gasteiger partial charge in [-0.15, -0.1) is 0 Å². The second-order valence-electron chi connectivity index (χ2n) is 12.5. The number of carbonyl (C=O) groups is 4. The summed E-state index contributed by atoms with van der Waals surface area (Å²) in [5.41, 5.74) is -0.877. The molecule has 1 aromatic heterocycles. The molecule has 1 heterocycles. The number of aromatic nitrogens is 2. The number of unbranched alkanes of at least 4 members (excludes halogenated alkanes) is 12. The first-order valence-corrected chi connectivity index (χ1v) is 18.4. The third-order valence-electron chi connectivity index (χ3n) is 8.57. The van der Waals surface area contributed by atoms with Crippen LogP contribution in [-0.2, 0) is 0 Å². The molecule has 3 rings (SSSR count). The number of aromatic carboxylic acids is 2. The van der Waals surface area contributed by atoms with Crippen LogP contribution in [0.25, 0.3) is 5.69 Å². The van der Waals surface area contributed by atoms with Crippen molar-refractivity contribution in [3.8, 4) is 11.6 Å². The molecule has 0 fully saturated rings. The summed E-state index contributed by atoms with van der Waals surface area (Å²) in [6.45, 7) is 4.25. The van der Waals surface area contributed by atoms with E-state index in [2.05, 4.69) is 22.7 Å². The van der Waals surface area contributed by atoms with Gasteiger partial charge in [-0.3, -0.25) is 19.5 Å². The molecule has 6 N–H and O–H groups in total. The third kappa shape index (κ3) is 12.7. The van der Waals surface area contributed by atoms with Gasteiger partial charge in [-0.05, 0) is 67.1 Å². The minimum absolute atomic E-state index is 0.0314. The zero-order valence-corrected chi connectivity index (χ0v) is 29.8. The van der Waals surface area contributed by atoms with Gasteiger partial charge in [-0.2, -0.15) is 0 Å². The molecule has 0 aliphatic rings. The highest BCUT2D eigenvalue weighted by atomic mass is 32.2. The molecule has 0 bridgehead atoms. The first-order valence-electron chi connectivity index (χ1n) is 17.6. The van der Waals surface area contributed by atoms with E-state index in [-0.39, 0.29) is 33.3 Å². The third-order valence-corrected chi connectivity index (χ3v) is 9.45. The Morgan fingerprint density at radius 3 is 1.76 bits per heavy atom. The van der Waals surface area contributed by atoms with Crippen molar-refractivity contribution in [2.75, 3.05) is 5.32 Å². The van der Waals surface area contributed by atoms with Crippen molar-refractivity contribution in [2.24, 2.45) is 0 Å². The number of amides is 2. The maximum Gasteiger partial charge on any atom is 0.335 e. The van der Waals surface area contributed by atoms with Crippen LogP contribution < -0.4 is 16.2 Å². The van der Waals surface area contributed by atoms with Gasteiger partial charge in [0.15, 0.2) is 0 Å². The molecule has 1 atom stereocenters. The Morgan fingerprint density at radius 1 is 0.760 bits per heavy atom. The Balaban J connectivity index is 1.46. The van der Waals surface area contributed by atoms with Gasteiger partial charge >= 0.3 is 11.9 Å². The second-order valence-corrected chi connectivity index (χ2v) is 13.5. The lowest BCUT2D eigenvalue weighted by atomic mass is 10.0. The van der Waals surface area contributed by atoms with Crippen LogP contribution in [0.15, 0.2) is 52.2 Å². The lowest BCUT2D eigenvalue weighted by molar-refractivity contribution is 0.0696. The number of thioether (sulfide) groups is 1. The summed E-state index contributed by atoms with van der Waals surface area (Å²) in [5, 5.41) is 37.0. The summed E-state index contributed by atoms with van der Waals surface area (Å²) >= 11 is 0.628. The molecule has 2 amide bonds. The molecule has 0 radical (unpaired) electrons. The van der Waals surface area contributed by atoms with Gasteiger partial charge in [0, 0.05) is 17.3 Å². The van der Waals surface area contributed by atoms with Crippen molar-refractivity contribution in [2.45, 2.75) is 121 Å². The molecule has 50 heavy (non-hydrogen) atoms. The molecule has 0 spiro atoms. The molecular weight excluding hydrogens is 660 g/mol. The fraction of sp³-hybridized carbons (Fsp3) is 0.486. The molecule has 2 aromatic carbocycles. The normalized spacial score (nSPS) is 11.6. The molecule has 0 aliphatic heterocycles. The number of aromatic amines is 1. The Hall–Kier alpha value is -4.52. The van der Waals surface area contributed by atoms with E-state index < -0.39 is 34.5 Å². The van der Waals surface area contributed by atoms with E-state index in [1.807, 2.05) is 6.92 Å². The number of nitrogens with zero attached hydrogens (tertiary/aromatic N) is 1. The molecule has 0 saturated carbocycles. The van der Waals surface area contributed by atoms with Crippen LogP contribution in [0.1, 0.15) is 141 Å². The Labute approximate surface area is 297 Å². The van der Waals surface area contributed by atoms with E-state index in [4.69, 9.17) is 0 Å². The van der Waals surface area contributed by atoms with E-state index in [0.29, 0.717) is 17.4 Å². The van der Waals surface area contributed by atoms with Crippen molar-refractivity contribution >= 4 is 40.5 Å². The molecule has 0 aliphatic carbocycles. The molecule has 13 heteroatoms.